The SMILES string of the molecule is CC1CN(C(=O)c2cc[nH]c(=O)c2)CC1N. The fourth-order valence-electron chi connectivity index (χ4n) is 1.92. The third kappa shape index (κ3) is 1.99. The summed E-state index contributed by atoms with van der Waals surface area (Å²) in [7, 11) is 0. The van der Waals surface area contributed by atoms with Crippen LogP contribution in [0, 0.1) is 5.92 Å². The van der Waals surface area contributed by atoms with Gasteiger partial charge in [0.15, 0.2) is 0 Å². The van der Waals surface area contributed by atoms with Crippen LogP contribution in [0.3, 0.4) is 0 Å². The predicted octanol–water partition coefficient (Wildman–Crippen LogP) is -0.206. The molecule has 2 unspecified atom stereocenters. The summed E-state index contributed by atoms with van der Waals surface area (Å²) in [5, 5.41) is 0. The Morgan fingerprint density at radius 1 is 1.56 bits per heavy atom. The molecule has 0 aliphatic carbocycles. The van der Waals surface area contributed by atoms with Crippen LogP contribution in [0.4, 0.5) is 0 Å². The van der Waals surface area contributed by atoms with Crippen molar-refractivity contribution in [1.82, 2.24) is 9.88 Å². The van der Waals surface area contributed by atoms with Crippen LogP contribution in [0.2, 0.25) is 0 Å². The zero-order valence-corrected chi connectivity index (χ0v) is 9.14. The number of amides is 1. The molecule has 0 bridgehead atoms. The van der Waals surface area contributed by atoms with E-state index >= 15 is 0 Å². The average Bonchev–Trinajstić information content (AvgIpc) is 2.58. The van der Waals surface area contributed by atoms with Crippen molar-refractivity contribution in [2.45, 2.75) is 13.0 Å². The molecule has 0 spiro atoms. The van der Waals surface area contributed by atoms with Crippen LogP contribution in [0.5, 0.6) is 0 Å². The van der Waals surface area contributed by atoms with Gasteiger partial charge in [-0.25, -0.2) is 0 Å². The summed E-state index contributed by atoms with van der Waals surface area (Å²) in [4.78, 5) is 27.3. The van der Waals surface area contributed by atoms with Gasteiger partial charge < -0.3 is 15.6 Å². The molecule has 1 aromatic heterocycles. The molecule has 5 nitrogen and oxygen atoms in total. The number of likely N-dealkylation sites (tertiary alicyclic amines) is 1. The number of aromatic amines is 1. The number of hydrogen-bond donors (Lipinski definition) is 2. The summed E-state index contributed by atoms with van der Waals surface area (Å²) >= 11 is 0. The van der Waals surface area contributed by atoms with Crippen LogP contribution < -0.4 is 11.3 Å². The highest BCUT2D eigenvalue weighted by atomic mass is 16.2. The Kier molecular flexibility index (Phi) is 2.78. The summed E-state index contributed by atoms with van der Waals surface area (Å²) in [5.41, 5.74) is 6.01. The summed E-state index contributed by atoms with van der Waals surface area (Å²) in [6.07, 6.45) is 1.48. The van der Waals surface area contributed by atoms with E-state index in [1.165, 1.54) is 12.3 Å². The highest BCUT2D eigenvalue weighted by Gasteiger charge is 2.30. The Bertz CT molecular complexity index is 445. The normalized spacial score (nSPS) is 24.8. The fourth-order valence-corrected chi connectivity index (χ4v) is 1.92. The molecule has 1 fully saturated rings. The van der Waals surface area contributed by atoms with Crippen molar-refractivity contribution in [3.8, 4) is 0 Å². The van der Waals surface area contributed by atoms with Crippen LogP contribution in [0.1, 0.15) is 17.3 Å². The number of H-pyrrole nitrogens is 1. The second-order valence-corrected chi connectivity index (χ2v) is 4.29. The lowest BCUT2D eigenvalue weighted by Gasteiger charge is -2.15. The lowest BCUT2D eigenvalue weighted by molar-refractivity contribution is 0.0786. The highest BCUT2D eigenvalue weighted by molar-refractivity contribution is 5.94. The zero-order chi connectivity index (χ0) is 11.7. The van der Waals surface area contributed by atoms with Crippen molar-refractivity contribution < 1.29 is 4.79 Å². The van der Waals surface area contributed by atoms with Crippen molar-refractivity contribution in [2.75, 3.05) is 13.1 Å². The van der Waals surface area contributed by atoms with Gasteiger partial charge in [-0.1, -0.05) is 6.92 Å². The minimum absolute atomic E-state index is 0.0333. The van der Waals surface area contributed by atoms with Crippen LogP contribution in [0.25, 0.3) is 0 Å². The lowest BCUT2D eigenvalue weighted by Crippen LogP contribution is -2.32. The fraction of sp³-hybridized carbons (Fsp3) is 0.455. The molecular formula is C11H15N3O2. The van der Waals surface area contributed by atoms with Gasteiger partial charge in [0.25, 0.3) is 5.91 Å². The maximum Gasteiger partial charge on any atom is 0.254 e. The summed E-state index contributed by atoms with van der Waals surface area (Å²) in [6.45, 7) is 3.25. The summed E-state index contributed by atoms with van der Waals surface area (Å²) < 4.78 is 0. The van der Waals surface area contributed by atoms with Crippen molar-refractivity contribution in [3.63, 3.8) is 0 Å². The second-order valence-electron chi connectivity index (χ2n) is 4.29. The van der Waals surface area contributed by atoms with Gasteiger partial charge in [0.05, 0.1) is 0 Å². The van der Waals surface area contributed by atoms with Crippen molar-refractivity contribution in [2.24, 2.45) is 11.7 Å². The number of nitrogens with one attached hydrogen (secondary N) is 1. The number of nitrogens with zero attached hydrogens (tertiary/aromatic N) is 1. The Morgan fingerprint density at radius 2 is 2.31 bits per heavy atom. The monoisotopic (exact) mass is 221 g/mol. The number of aromatic nitrogens is 1. The third-order valence-electron chi connectivity index (χ3n) is 2.98. The number of carbonyl (C=O) groups is 1. The van der Waals surface area contributed by atoms with Gasteiger partial charge >= 0.3 is 0 Å². The van der Waals surface area contributed by atoms with Crippen molar-refractivity contribution >= 4 is 5.91 Å². The molecule has 2 rings (SSSR count). The minimum Gasteiger partial charge on any atom is -0.337 e. The molecule has 1 amide bonds. The first-order valence-corrected chi connectivity index (χ1v) is 5.31. The first-order chi connectivity index (χ1) is 7.58. The first-order valence-electron chi connectivity index (χ1n) is 5.31. The molecule has 3 N–H and O–H groups in total. The van der Waals surface area contributed by atoms with Gasteiger partial charge in [-0.2, -0.15) is 0 Å². The van der Waals surface area contributed by atoms with E-state index < -0.39 is 0 Å². The van der Waals surface area contributed by atoms with E-state index in [-0.39, 0.29) is 17.5 Å². The number of hydrogen-bond acceptors (Lipinski definition) is 3. The molecule has 2 atom stereocenters. The van der Waals surface area contributed by atoms with E-state index in [1.807, 2.05) is 6.92 Å². The lowest BCUT2D eigenvalue weighted by atomic mass is 10.1. The Balaban J connectivity index is 2.18. The molecule has 2 heterocycles. The molecule has 16 heavy (non-hydrogen) atoms. The van der Waals surface area contributed by atoms with Crippen molar-refractivity contribution in [1.29, 1.82) is 0 Å². The molecule has 1 aliphatic rings. The predicted molar refractivity (Wildman–Crippen MR) is 60.1 cm³/mol. The van der Waals surface area contributed by atoms with Crippen LogP contribution in [0.15, 0.2) is 23.1 Å². The number of pyridine rings is 1. The summed E-state index contributed by atoms with van der Waals surface area (Å²) in [5.74, 6) is 0.192. The Hall–Kier alpha value is -1.62. The van der Waals surface area contributed by atoms with Crippen LogP contribution in [-0.2, 0) is 0 Å². The Morgan fingerprint density at radius 3 is 2.88 bits per heavy atom. The molecule has 0 radical (unpaired) electrons. The highest BCUT2D eigenvalue weighted by Crippen LogP contribution is 2.16. The number of rotatable bonds is 1. The standard InChI is InChI=1S/C11H15N3O2/c1-7-5-14(6-9(7)12)11(16)8-2-3-13-10(15)4-8/h2-4,7,9H,5-6,12H2,1H3,(H,13,15). The molecule has 1 aliphatic heterocycles. The van der Waals surface area contributed by atoms with E-state index in [1.54, 1.807) is 11.0 Å². The van der Waals surface area contributed by atoms with Crippen molar-refractivity contribution in [3.05, 3.63) is 34.2 Å². The Labute approximate surface area is 93.3 Å². The van der Waals surface area contributed by atoms with E-state index in [0.29, 0.717) is 24.6 Å². The smallest absolute Gasteiger partial charge is 0.254 e. The molecule has 0 saturated carbocycles. The van der Waals surface area contributed by atoms with Crippen LogP contribution in [-0.4, -0.2) is 34.9 Å². The first kappa shape index (κ1) is 10.9. The van der Waals surface area contributed by atoms with Gasteiger partial charge in [-0.05, 0) is 12.0 Å². The molecule has 0 aromatic carbocycles. The summed E-state index contributed by atoms with van der Waals surface area (Å²) in [6, 6.07) is 2.96. The molecule has 1 saturated heterocycles. The minimum atomic E-state index is -0.262. The number of nitrogens with two attached hydrogens (primary N) is 1. The maximum absolute atomic E-state index is 12.0. The maximum atomic E-state index is 12.0. The van der Waals surface area contributed by atoms with Gasteiger partial charge in [0.2, 0.25) is 5.56 Å². The van der Waals surface area contributed by atoms with E-state index in [2.05, 4.69) is 4.98 Å². The quantitative estimate of drug-likeness (QED) is 0.689. The van der Waals surface area contributed by atoms with E-state index in [4.69, 9.17) is 5.73 Å². The average molecular weight is 221 g/mol. The molecule has 86 valence electrons. The van der Waals surface area contributed by atoms with Gasteiger partial charge in [-0.15, -0.1) is 0 Å². The number of carbonyl (C=O) groups excluding carboxylic acids is 1. The topological polar surface area (TPSA) is 79.2 Å². The molecular weight excluding hydrogens is 206 g/mol. The second kappa shape index (κ2) is 4.09. The van der Waals surface area contributed by atoms with Gasteiger partial charge in [0, 0.05) is 37.0 Å². The van der Waals surface area contributed by atoms with E-state index in [9.17, 15) is 9.59 Å². The van der Waals surface area contributed by atoms with Gasteiger partial charge in [0.1, 0.15) is 0 Å². The molecule has 1 aromatic rings. The third-order valence-corrected chi connectivity index (χ3v) is 2.98. The van der Waals surface area contributed by atoms with Crippen LogP contribution >= 0.6 is 0 Å². The van der Waals surface area contributed by atoms with E-state index in [0.717, 1.165) is 0 Å². The zero-order valence-electron chi connectivity index (χ0n) is 9.14. The van der Waals surface area contributed by atoms with Gasteiger partial charge in [-0.3, -0.25) is 9.59 Å². The molecule has 5 heteroatoms. The largest absolute Gasteiger partial charge is 0.337 e.